The SMILES string of the molecule is NCC(c1ccccc1Br)C1CCC1. The van der Waals surface area contributed by atoms with E-state index in [0.29, 0.717) is 5.92 Å². The number of hydrogen-bond donors (Lipinski definition) is 1. The van der Waals surface area contributed by atoms with Crippen molar-refractivity contribution in [3.8, 4) is 0 Å². The molecule has 2 heteroatoms. The van der Waals surface area contributed by atoms with Crippen molar-refractivity contribution in [3.05, 3.63) is 34.3 Å². The smallest absolute Gasteiger partial charge is 0.0210 e. The van der Waals surface area contributed by atoms with E-state index in [-0.39, 0.29) is 0 Å². The van der Waals surface area contributed by atoms with Crippen molar-refractivity contribution in [3.63, 3.8) is 0 Å². The van der Waals surface area contributed by atoms with Gasteiger partial charge in [-0.15, -0.1) is 0 Å². The van der Waals surface area contributed by atoms with E-state index >= 15 is 0 Å². The van der Waals surface area contributed by atoms with Crippen molar-refractivity contribution in [2.45, 2.75) is 25.2 Å². The molecular formula is C12H16BrN. The van der Waals surface area contributed by atoms with E-state index in [2.05, 4.69) is 40.2 Å². The summed E-state index contributed by atoms with van der Waals surface area (Å²) in [6, 6.07) is 8.46. The zero-order valence-electron chi connectivity index (χ0n) is 8.25. The summed E-state index contributed by atoms with van der Waals surface area (Å²) in [7, 11) is 0. The molecule has 2 N–H and O–H groups in total. The van der Waals surface area contributed by atoms with Crippen LogP contribution in [0.3, 0.4) is 0 Å². The molecule has 1 aromatic rings. The van der Waals surface area contributed by atoms with Gasteiger partial charge in [-0.3, -0.25) is 0 Å². The highest BCUT2D eigenvalue weighted by Crippen LogP contribution is 2.40. The summed E-state index contributed by atoms with van der Waals surface area (Å²) >= 11 is 3.60. The highest BCUT2D eigenvalue weighted by molar-refractivity contribution is 9.10. The Morgan fingerprint density at radius 3 is 2.57 bits per heavy atom. The van der Waals surface area contributed by atoms with Gasteiger partial charge in [0.25, 0.3) is 0 Å². The summed E-state index contributed by atoms with van der Waals surface area (Å²) < 4.78 is 1.21. The van der Waals surface area contributed by atoms with Crippen LogP contribution in [0.25, 0.3) is 0 Å². The molecule has 0 amide bonds. The van der Waals surface area contributed by atoms with Crippen LogP contribution >= 0.6 is 15.9 Å². The molecule has 1 aliphatic carbocycles. The van der Waals surface area contributed by atoms with Crippen LogP contribution in [-0.4, -0.2) is 6.54 Å². The molecule has 0 aromatic heterocycles. The maximum absolute atomic E-state index is 5.86. The van der Waals surface area contributed by atoms with Crippen LogP contribution < -0.4 is 5.73 Å². The Morgan fingerprint density at radius 2 is 2.07 bits per heavy atom. The lowest BCUT2D eigenvalue weighted by atomic mass is 9.73. The Morgan fingerprint density at radius 1 is 1.36 bits per heavy atom. The summed E-state index contributed by atoms with van der Waals surface area (Å²) in [5.41, 5.74) is 7.25. The van der Waals surface area contributed by atoms with Crippen LogP contribution in [-0.2, 0) is 0 Å². The van der Waals surface area contributed by atoms with Gasteiger partial charge < -0.3 is 5.73 Å². The molecule has 0 heterocycles. The molecule has 76 valence electrons. The lowest BCUT2D eigenvalue weighted by Gasteiger charge is -2.33. The Hall–Kier alpha value is -0.340. The standard InChI is InChI=1S/C12H16BrN/c13-12-7-2-1-6-10(12)11(8-14)9-4-3-5-9/h1-2,6-7,9,11H,3-5,8,14H2. The second-order valence-corrected chi connectivity index (χ2v) is 4.91. The lowest BCUT2D eigenvalue weighted by Crippen LogP contribution is -2.26. The first kappa shape index (κ1) is 10.2. The van der Waals surface area contributed by atoms with Crippen LogP contribution in [0.1, 0.15) is 30.7 Å². The minimum atomic E-state index is 0.555. The fraction of sp³-hybridized carbons (Fsp3) is 0.500. The van der Waals surface area contributed by atoms with Crippen LogP contribution in [0, 0.1) is 5.92 Å². The number of halogens is 1. The Labute approximate surface area is 93.8 Å². The van der Waals surface area contributed by atoms with Crippen molar-refractivity contribution in [2.24, 2.45) is 11.7 Å². The molecule has 1 aliphatic rings. The lowest BCUT2D eigenvalue weighted by molar-refractivity contribution is 0.263. The van der Waals surface area contributed by atoms with Gasteiger partial charge in [0, 0.05) is 10.4 Å². The average molecular weight is 254 g/mol. The predicted octanol–water partition coefficient (Wildman–Crippen LogP) is 3.29. The molecule has 1 saturated carbocycles. The fourth-order valence-electron chi connectivity index (χ4n) is 2.19. The minimum absolute atomic E-state index is 0.555. The largest absolute Gasteiger partial charge is 0.330 e. The van der Waals surface area contributed by atoms with Gasteiger partial charge in [-0.05, 0) is 36.9 Å². The number of nitrogens with two attached hydrogens (primary N) is 1. The van der Waals surface area contributed by atoms with Gasteiger partial charge in [-0.1, -0.05) is 40.5 Å². The molecular weight excluding hydrogens is 238 g/mol. The minimum Gasteiger partial charge on any atom is -0.330 e. The summed E-state index contributed by atoms with van der Waals surface area (Å²) in [4.78, 5) is 0. The van der Waals surface area contributed by atoms with Gasteiger partial charge in [0.2, 0.25) is 0 Å². The highest BCUT2D eigenvalue weighted by Gasteiger charge is 2.28. The van der Waals surface area contributed by atoms with Gasteiger partial charge in [-0.25, -0.2) is 0 Å². The average Bonchev–Trinajstić information content (AvgIpc) is 2.12. The third-order valence-corrected chi connectivity index (χ3v) is 4.00. The van der Waals surface area contributed by atoms with Crippen molar-refractivity contribution < 1.29 is 0 Å². The monoisotopic (exact) mass is 253 g/mol. The van der Waals surface area contributed by atoms with Gasteiger partial charge in [0.05, 0.1) is 0 Å². The maximum Gasteiger partial charge on any atom is 0.0210 e. The van der Waals surface area contributed by atoms with E-state index in [1.807, 2.05) is 0 Å². The molecule has 0 saturated heterocycles. The van der Waals surface area contributed by atoms with E-state index in [0.717, 1.165) is 12.5 Å². The number of hydrogen-bond acceptors (Lipinski definition) is 1. The van der Waals surface area contributed by atoms with E-state index < -0.39 is 0 Å². The summed E-state index contributed by atoms with van der Waals surface area (Å²) in [5, 5.41) is 0. The number of benzene rings is 1. The second kappa shape index (κ2) is 4.45. The first-order valence-corrected chi connectivity index (χ1v) is 6.06. The second-order valence-electron chi connectivity index (χ2n) is 4.05. The number of rotatable bonds is 3. The van der Waals surface area contributed by atoms with Gasteiger partial charge in [0.1, 0.15) is 0 Å². The van der Waals surface area contributed by atoms with Crippen molar-refractivity contribution in [1.29, 1.82) is 0 Å². The normalized spacial score (nSPS) is 19.0. The van der Waals surface area contributed by atoms with Crippen LogP contribution in [0.2, 0.25) is 0 Å². The Bertz CT molecular complexity index is 307. The van der Waals surface area contributed by atoms with Crippen molar-refractivity contribution in [2.75, 3.05) is 6.54 Å². The third-order valence-electron chi connectivity index (χ3n) is 3.28. The van der Waals surface area contributed by atoms with Gasteiger partial charge in [-0.2, -0.15) is 0 Å². The van der Waals surface area contributed by atoms with E-state index in [4.69, 9.17) is 5.73 Å². The topological polar surface area (TPSA) is 26.0 Å². The molecule has 1 aromatic carbocycles. The molecule has 0 aliphatic heterocycles. The van der Waals surface area contributed by atoms with E-state index in [9.17, 15) is 0 Å². The molecule has 1 nitrogen and oxygen atoms in total. The van der Waals surface area contributed by atoms with Gasteiger partial charge >= 0.3 is 0 Å². The Balaban J connectivity index is 2.22. The molecule has 0 bridgehead atoms. The van der Waals surface area contributed by atoms with Crippen LogP contribution in [0.5, 0.6) is 0 Å². The molecule has 14 heavy (non-hydrogen) atoms. The zero-order chi connectivity index (χ0) is 9.97. The highest BCUT2D eigenvalue weighted by atomic mass is 79.9. The molecule has 0 spiro atoms. The molecule has 1 unspecified atom stereocenters. The summed E-state index contributed by atoms with van der Waals surface area (Å²) in [5.74, 6) is 1.37. The Kier molecular flexibility index (Phi) is 3.24. The fourth-order valence-corrected chi connectivity index (χ4v) is 2.77. The van der Waals surface area contributed by atoms with Crippen LogP contribution in [0.4, 0.5) is 0 Å². The van der Waals surface area contributed by atoms with Crippen molar-refractivity contribution >= 4 is 15.9 Å². The first-order chi connectivity index (χ1) is 6.83. The molecule has 1 atom stereocenters. The summed E-state index contributed by atoms with van der Waals surface area (Å²) in [6.45, 7) is 0.771. The first-order valence-electron chi connectivity index (χ1n) is 5.27. The van der Waals surface area contributed by atoms with Gasteiger partial charge in [0.15, 0.2) is 0 Å². The third kappa shape index (κ3) is 1.86. The zero-order valence-corrected chi connectivity index (χ0v) is 9.83. The van der Waals surface area contributed by atoms with Crippen LogP contribution in [0.15, 0.2) is 28.7 Å². The van der Waals surface area contributed by atoms with E-state index in [1.165, 1.54) is 29.3 Å². The molecule has 0 radical (unpaired) electrons. The molecule has 2 rings (SSSR count). The van der Waals surface area contributed by atoms with E-state index in [1.54, 1.807) is 0 Å². The molecule has 1 fully saturated rings. The quantitative estimate of drug-likeness (QED) is 0.880. The van der Waals surface area contributed by atoms with Crippen molar-refractivity contribution in [1.82, 2.24) is 0 Å². The summed E-state index contributed by atoms with van der Waals surface area (Å²) in [6.07, 6.45) is 4.08. The maximum atomic E-state index is 5.86. The predicted molar refractivity (Wildman–Crippen MR) is 63.3 cm³/mol.